The number of nitrogens with zero attached hydrogens (tertiary/aromatic N) is 1. The van der Waals surface area contributed by atoms with Gasteiger partial charge in [-0.25, -0.2) is 0 Å². The molecule has 2 nitrogen and oxygen atoms in total. The molecule has 2 heteroatoms. The summed E-state index contributed by atoms with van der Waals surface area (Å²) in [4.78, 5) is 2.46. The zero-order valence-corrected chi connectivity index (χ0v) is 11.1. The number of hydrogen-bond donors (Lipinski definition) is 1. The fourth-order valence-electron chi connectivity index (χ4n) is 2.97. The summed E-state index contributed by atoms with van der Waals surface area (Å²) >= 11 is 0. The molecule has 0 bridgehead atoms. The van der Waals surface area contributed by atoms with E-state index in [0.29, 0.717) is 5.41 Å². The summed E-state index contributed by atoms with van der Waals surface area (Å²) in [5.41, 5.74) is 1.95. The zero-order valence-electron chi connectivity index (χ0n) is 11.1. The van der Waals surface area contributed by atoms with Crippen LogP contribution in [0.1, 0.15) is 24.8 Å². The molecule has 1 aliphatic carbocycles. The van der Waals surface area contributed by atoms with Gasteiger partial charge in [0.25, 0.3) is 0 Å². The average molecular weight is 232 g/mol. The molecule has 1 saturated carbocycles. The molecule has 0 saturated heterocycles. The van der Waals surface area contributed by atoms with Gasteiger partial charge < -0.3 is 10.2 Å². The van der Waals surface area contributed by atoms with Crippen molar-refractivity contribution < 1.29 is 0 Å². The molecule has 1 fully saturated rings. The van der Waals surface area contributed by atoms with Crippen LogP contribution in [0.15, 0.2) is 30.3 Å². The maximum absolute atomic E-state index is 3.35. The van der Waals surface area contributed by atoms with Gasteiger partial charge in [0.15, 0.2) is 0 Å². The Hall–Kier alpha value is -0.860. The van der Waals surface area contributed by atoms with E-state index >= 15 is 0 Å². The van der Waals surface area contributed by atoms with E-state index < -0.39 is 0 Å². The molecule has 0 spiro atoms. The number of benzene rings is 1. The van der Waals surface area contributed by atoms with Gasteiger partial charge >= 0.3 is 0 Å². The van der Waals surface area contributed by atoms with Crippen molar-refractivity contribution >= 4 is 0 Å². The quantitative estimate of drug-likeness (QED) is 0.810. The molecule has 1 aromatic carbocycles. The highest BCUT2D eigenvalue weighted by Gasteiger charge is 2.36. The van der Waals surface area contributed by atoms with Gasteiger partial charge in [-0.2, -0.15) is 0 Å². The zero-order chi connectivity index (χ0) is 12.1. The molecule has 0 heterocycles. The second-order valence-corrected chi connectivity index (χ2v) is 5.54. The van der Waals surface area contributed by atoms with Gasteiger partial charge in [0.2, 0.25) is 0 Å². The van der Waals surface area contributed by atoms with Crippen molar-refractivity contribution in [3.8, 4) is 0 Å². The summed E-state index contributed by atoms with van der Waals surface area (Å²) in [5, 5.41) is 3.35. The van der Waals surface area contributed by atoms with Crippen LogP contribution in [0, 0.1) is 5.41 Å². The molecule has 0 aromatic heterocycles. The van der Waals surface area contributed by atoms with E-state index in [9.17, 15) is 0 Å². The van der Waals surface area contributed by atoms with Gasteiger partial charge in [-0.1, -0.05) is 36.8 Å². The highest BCUT2D eigenvalue weighted by atomic mass is 15.1. The van der Waals surface area contributed by atoms with E-state index in [1.165, 1.54) is 31.4 Å². The van der Waals surface area contributed by atoms with Crippen LogP contribution in [0.5, 0.6) is 0 Å². The minimum absolute atomic E-state index is 0.540. The molecule has 1 N–H and O–H groups in total. The Morgan fingerprint density at radius 2 is 1.94 bits per heavy atom. The van der Waals surface area contributed by atoms with Crippen LogP contribution in [-0.2, 0) is 6.54 Å². The van der Waals surface area contributed by atoms with Crippen LogP contribution in [0.3, 0.4) is 0 Å². The first-order valence-electron chi connectivity index (χ1n) is 6.61. The van der Waals surface area contributed by atoms with Crippen molar-refractivity contribution in [2.24, 2.45) is 5.41 Å². The Balaban J connectivity index is 1.86. The van der Waals surface area contributed by atoms with Crippen molar-refractivity contribution in [2.45, 2.75) is 25.8 Å². The highest BCUT2D eigenvalue weighted by molar-refractivity contribution is 5.14. The Morgan fingerprint density at radius 1 is 1.24 bits per heavy atom. The SMILES string of the molecule is CNCC1(CN(C)Cc2ccccc2)CCC1. The number of rotatable bonds is 6. The van der Waals surface area contributed by atoms with Crippen LogP contribution in [0.4, 0.5) is 0 Å². The average Bonchev–Trinajstić information content (AvgIpc) is 2.27. The third-order valence-corrected chi connectivity index (χ3v) is 3.87. The van der Waals surface area contributed by atoms with Gasteiger partial charge in [-0.15, -0.1) is 0 Å². The molecule has 94 valence electrons. The summed E-state index contributed by atoms with van der Waals surface area (Å²) in [7, 11) is 4.31. The topological polar surface area (TPSA) is 15.3 Å². The van der Waals surface area contributed by atoms with Crippen LogP contribution in [0.25, 0.3) is 0 Å². The molecule has 1 aromatic rings. The van der Waals surface area contributed by atoms with Gasteiger partial charge in [-0.05, 0) is 37.9 Å². The molecule has 17 heavy (non-hydrogen) atoms. The fourth-order valence-corrected chi connectivity index (χ4v) is 2.97. The molecule has 0 unspecified atom stereocenters. The monoisotopic (exact) mass is 232 g/mol. The van der Waals surface area contributed by atoms with Gasteiger partial charge in [0, 0.05) is 19.6 Å². The van der Waals surface area contributed by atoms with E-state index in [2.05, 4.69) is 54.6 Å². The summed E-state index contributed by atoms with van der Waals surface area (Å²) in [6.07, 6.45) is 4.17. The Labute approximate surface area is 105 Å². The molecule has 2 rings (SSSR count). The molecule has 0 amide bonds. The first-order valence-corrected chi connectivity index (χ1v) is 6.61. The van der Waals surface area contributed by atoms with Crippen LogP contribution in [-0.4, -0.2) is 32.1 Å². The predicted molar refractivity (Wildman–Crippen MR) is 73.0 cm³/mol. The summed E-state index contributed by atoms with van der Waals surface area (Å²) in [5.74, 6) is 0. The van der Waals surface area contributed by atoms with Crippen molar-refractivity contribution in [1.29, 1.82) is 0 Å². The van der Waals surface area contributed by atoms with E-state index in [-0.39, 0.29) is 0 Å². The molecular formula is C15H24N2. The lowest BCUT2D eigenvalue weighted by atomic mass is 9.68. The molecule has 0 atom stereocenters. The highest BCUT2D eigenvalue weighted by Crippen LogP contribution is 2.40. The lowest BCUT2D eigenvalue weighted by Gasteiger charge is -2.44. The smallest absolute Gasteiger partial charge is 0.0230 e. The lowest BCUT2D eigenvalue weighted by Crippen LogP contribution is -2.46. The summed E-state index contributed by atoms with van der Waals surface area (Å²) < 4.78 is 0. The molecule has 0 radical (unpaired) electrons. The van der Waals surface area contributed by atoms with Crippen LogP contribution in [0.2, 0.25) is 0 Å². The van der Waals surface area contributed by atoms with E-state index in [0.717, 1.165) is 13.1 Å². The molecule has 0 aliphatic heterocycles. The fraction of sp³-hybridized carbons (Fsp3) is 0.600. The minimum Gasteiger partial charge on any atom is -0.319 e. The normalized spacial score (nSPS) is 18.1. The van der Waals surface area contributed by atoms with Crippen LogP contribution >= 0.6 is 0 Å². The minimum atomic E-state index is 0.540. The van der Waals surface area contributed by atoms with Crippen molar-refractivity contribution in [3.63, 3.8) is 0 Å². The largest absolute Gasteiger partial charge is 0.319 e. The Morgan fingerprint density at radius 3 is 2.47 bits per heavy atom. The van der Waals surface area contributed by atoms with Gasteiger partial charge in [-0.3, -0.25) is 0 Å². The number of hydrogen-bond acceptors (Lipinski definition) is 2. The van der Waals surface area contributed by atoms with Crippen molar-refractivity contribution in [3.05, 3.63) is 35.9 Å². The van der Waals surface area contributed by atoms with Crippen molar-refractivity contribution in [2.75, 3.05) is 27.2 Å². The van der Waals surface area contributed by atoms with Gasteiger partial charge in [0.1, 0.15) is 0 Å². The first kappa shape index (κ1) is 12.6. The number of nitrogens with one attached hydrogen (secondary N) is 1. The summed E-state index contributed by atoms with van der Waals surface area (Å²) in [6, 6.07) is 10.7. The standard InChI is InChI=1S/C15H24N2/c1-16-12-15(9-6-10-15)13-17(2)11-14-7-4-3-5-8-14/h3-5,7-8,16H,6,9-13H2,1-2H3. The van der Waals surface area contributed by atoms with Gasteiger partial charge in [0.05, 0.1) is 0 Å². The second kappa shape index (κ2) is 5.65. The molecular weight excluding hydrogens is 208 g/mol. The lowest BCUT2D eigenvalue weighted by molar-refractivity contribution is 0.0768. The third-order valence-electron chi connectivity index (χ3n) is 3.87. The van der Waals surface area contributed by atoms with Crippen LogP contribution < -0.4 is 5.32 Å². The molecule has 1 aliphatic rings. The van der Waals surface area contributed by atoms with E-state index in [1.807, 2.05) is 0 Å². The van der Waals surface area contributed by atoms with E-state index in [4.69, 9.17) is 0 Å². The van der Waals surface area contributed by atoms with E-state index in [1.54, 1.807) is 0 Å². The first-order chi connectivity index (χ1) is 8.24. The Bertz CT molecular complexity index is 330. The Kier molecular flexibility index (Phi) is 4.19. The summed E-state index contributed by atoms with van der Waals surface area (Å²) in [6.45, 7) is 3.43. The predicted octanol–water partition coefficient (Wildman–Crippen LogP) is 2.51. The second-order valence-electron chi connectivity index (χ2n) is 5.54. The van der Waals surface area contributed by atoms with Crippen molar-refractivity contribution in [1.82, 2.24) is 10.2 Å². The third kappa shape index (κ3) is 3.30. The maximum atomic E-state index is 3.35. The maximum Gasteiger partial charge on any atom is 0.0230 e.